The Morgan fingerprint density at radius 3 is 1.20 bits per heavy atom. The van der Waals surface area contributed by atoms with Crippen LogP contribution in [0.15, 0.2) is 140 Å². The monoisotopic (exact) mass is 580 g/mol. The van der Waals surface area contributed by atoms with Crippen LogP contribution in [0.1, 0.15) is 16.7 Å². The van der Waals surface area contributed by atoms with Gasteiger partial charge in [0.15, 0.2) is 0 Å². The second-order valence-electron chi connectivity index (χ2n) is 12.0. The lowest BCUT2D eigenvalue weighted by atomic mass is 9.85. The molecule has 0 atom stereocenters. The first kappa shape index (κ1) is 26.6. The molecule has 0 fully saturated rings. The predicted octanol–water partition coefficient (Wildman–Crippen LogP) is 12.8. The zero-order valence-corrected chi connectivity index (χ0v) is 26.0. The van der Waals surface area contributed by atoms with E-state index in [1.54, 1.807) is 0 Å². The van der Waals surface area contributed by atoms with Crippen LogP contribution in [-0.4, -0.2) is 0 Å². The molecule has 0 aliphatic carbocycles. The van der Waals surface area contributed by atoms with Gasteiger partial charge in [0.05, 0.1) is 0 Å². The highest BCUT2D eigenvalue weighted by Gasteiger charge is 2.20. The fourth-order valence-corrected chi connectivity index (χ4v) is 7.91. The first-order chi connectivity index (χ1) is 21.5. The zero-order chi connectivity index (χ0) is 29.8. The van der Waals surface area contributed by atoms with Crippen LogP contribution in [0.3, 0.4) is 0 Å². The second kappa shape index (κ2) is 10.6. The van der Waals surface area contributed by atoms with Gasteiger partial charge in [0.1, 0.15) is 0 Å². The highest BCUT2D eigenvalue weighted by Crippen LogP contribution is 2.48. The zero-order valence-electron chi connectivity index (χ0n) is 25.2. The molecule has 0 radical (unpaired) electrons. The van der Waals surface area contributed by atoms with Crippen LogP contribution in [0.2, 0.25) is 0 Å². The summed E-state index contributed by atoms with van der Waals surface area (Å²) < 4.78 is 1.31. The molecule has 1 heterocycles. The SMILES string of the molecule is Cc1ccc(-c2sc3cc(-c4c5ccccc5c(-c5ccc(C)cc5)c5ccccc45)ccc3c2-c2ccc(C)cc2)cc1. The molecular formula is C43H32S. The second-order valence-corrected chi connectivity index (χ2v) is 13.0. The van der Waals surface area contributed by atoms with E-state index in [4.69, 9.17) is 0 Å². The topological polar surface area (TPSA) is 0 Å². The van der Waals surface area contributed by atoms with Crippen molar-refractivity contribution in [2.45, 2.75) is 20.8 Å². The molecule has 210 valence electrons. The number of hydrogen-bond donors (Lipinski definition) is 0. The Morgan fingerprint density at radius 1 is 0.341 bits per heavy atom. The van der Waals surface area contributed by atoms with Gasteiger partial charge in [-0.2, -0.15) is 0 Å². The molecule has 0 saturated carbocycles. The smallest absolute Gasteiger partial charge is 0.0433 e. The molecule has 8 rings (SSSR count). The summed E-state index contributed by atoms with van der Waals surface area (Å²) in [6, 6.07) is 51.9. The van der Waals surface area contributed by atoms with Gasteiger partial charge in [-0.25, -0.2) is 0 Å². The Morgan fingerprint density at radius 2 is 0.727 bits per heavy atom. The van der Waals surface area contributed by atoms with E-state index in [1.165, 1.54) is 92.1 Å². The van der Waals surface area contributed by atoms with E-state index in [-0.39, 0.29) is 0 Å². The van der Waals surface area contributed by atoms with E-state index >= 15 is 0 Å². The van der Waals surface area contributed by atoms with Gasteiger partial charge in [-0.1, -0.05) is 150 Å². The summed E-state index contributed by atoms with van der Waals surface area (Å²) in [6.07, 6.45) is 0. The molecular weight excluding hydrogens is 549 g/mol. The molecule has 0 spiro atoms. The molecule has 1 aromatic heterocycles. The number of rotatable bonds is 4. The molecule has 1 heteroatoms. The Hall–Kier alpha value is -4.98. The maximum Gasteiger partial charge on any atom is 0.0433 e. The normalized spacial score (nSPS) is 11.5. The Kier molecular flexibility index (Phi) is 6.43. The molecule has 7 aromatic carbocycles. The number of hydrogen-bond acceptors (Lipinski definition) is 1. The third kappa shape index (κ3) is 4.44. The lowest BCUT2D eigenvalue weighted by molar-refractivity contribution is 1.47. The van der Waals surface area contributed by atoms with Crippen LogP contribution < -0.4 is 0 Å². The van der Waals surface area contributed by atoms with Crippen molar-refractivity contribution in [1.82, 2.24) is 0 Å². The van der Waals surface area contributed by atoms with Crippen molar-refractivity contribution in [3.8, 4) is 43.8 Å². The van der Waals surface area contributed by atoms with Gasteiger partial charge in [0.2, 0.25) is 0 Å². The van der Waals surface area contributed by atoms with Gasteiger partial charge >= 0.3 is 0 Å². The summed E-state index contributed by atoms with van der Waals surface area (Å²) in [5.41, 5.74) is 12.8. The molecule has 8 aromatic rings. The van der Waals surface area contributed by atoms with Gasteiger partial charge < -0.3 is 0 Å². The van der Waals surface area contributed by atoms with E-state index in [9.17, 15) is 0 Å². The number of aryl methyl sites for hydroxylation is 3. The minimum Gasteiger partial charge on any atom is -0.135 e. The molecule has 0 unspecified atom stereocenters. The highest BCUT2D eigenvalue weighted by atomic mass is 32.1. The predicted molar refractivity (Wildman–Crippen MR) is 193 cm³/mol. The van der Waals surface area contributed by atoms with Gasteiger partial charge in [0, 0.05) is 20.5 Å². The van der Waals surface area contributed by atoms with Crippen molar-refractivity contribution >= 4 is 43.0 Å². The van der Waals surface area contributed by atoms with Gasteiger partial charge in [-0.15, -0.1) is 11.3 Å². The van der Waals surface area contributed by atoms with Gasteiger partial charge in [-0.3, -0.25) is 0 Å². The largest absolute Gasteiger partial charge is 0.135 e. The maximum atomic E-state index is 2.43. The molecule has 0 saturated heterocycles. The molecule has 0 aliphatic rings. The van der Waals surface area contributed by atoms with E-state index in [0.29, 0.717) is 0 Å². The summed E-state index contributed by atoms with van der Waals surface area (Å²) in [5, 5.41) is 6.46. The third-order valence-corrected chi connectivity index (χ3v) is 10.1. The van der Waals surface area contributed by atoms with Crippen molar-refractivity contribution in [1.29, 1.82) is 0 Å². The summed E-state index contributed by atoms with van der Waals surface area (Å²) >= 11 is 1.90. The van der Waals surface area contributed by atoms with Crippen molar-refractivity contribution in [2.24, 2.45) is 0 Å². The average Bonchev–Trinajstić information content (AvgIpc) is 3.43. The fraction of sp³-hybridized carbons (Fsp3) is 0.0698. The summed E-state index contributed by atoms with van der Waals surface area (Å²) in [6.45, 7) is 6.46. The van der Waals surface area contributed by atoms with Gasteiger partial charge in [-0.05, 0) is 81.8 Å². The Balaban J connectivity index is 1.41. The summed E-state index contributed by atoms with van der Waals surface area (Å²) in [4.78, 5) is 1.32. The third-order valence-electron chi connectivity index (χ3n) is 8.90. The standard InChI is InChI=1S/C43H32S/c1-27-12-18-30(19-13-27)40-34-8-4-6-10-36(34)41(37-11-7-5-9-35(37)40)33-24-25-38-39(26-33)44-43(32-22-16-29(3)17-23-32)42(38)31-20-14-28(2)15-21-31/h4-26H,1-3H3. The summed E-state index contributed by atoms with van der Waals surface area (Å²) in [7, 11) is 0. The first-order valence-electron chi connectivity index (χ1n) is 15.3. The number of fused-ring (bicyclic) bond motifs is 3. The van der Waals surface area contributed by atoms with Crippen LogP contribution in [0.5, 0.6) is 0 Å². The van der Waals surface area contributed by atoms with Crippen molar-refractivity contribution in [3.63, 3.8) is 0 Å². The highest BCUT2D eigenvalue weighted by molar-refractivity contribution is 7.23. The van der Waals surface area contributed by atoms with Crippen LogP contribution in [0.25, 0.3) is 75.5 Å². The average molecular weight is 581 g/mol. The van der Waals surface area contributed by atoms with Gasteiger partial charge in [0.25, 0.3) is 0 Å². The minimum atomic E-state index is 1.26. The molecule has 0 bridgehead atoms. The maximum absolute atomic E-state index is 2.43. The minimum absolute atomic E-state index is 1.26. The van der Waals surface area contributed by atoms with Crippen molar-refractivity contribution in [3.05, 3.63) is 156 Å². The van der Waals surface area contributed by atoms with Crippen LogP contribution in [0.4, 0.5) is 0 Å². The fourth-order valence-electron chi connectivity index (χ4n) is 6.64. The van der Waals surface area contributed by atoms with Crippen molar-refractivity contribution < 1.29 is 0 Å². The van der Waals surface area contributed by atoms with E-state index < -0.39 is 0 Å². The van der Waals surface area contributed by atoms with Crippen LogP contribution in [0, 0.1) is 20.8 Å². The van der Waals surface area contributed by atoms with Crippen molar-refractivity contribution in [2.75, 3.05) is 0 Å². The number of thiophene rings is 1. The molecule has 0 aliphatic heterocycles. The van der Waals surface area contributed by atoms with E-state index in [0.717, 1.165) is 0 Å². The molecule has 0 N–H and O–H groups in total. The summed E-state index contributed by atoms with van der Waals surface area (Å²) in [5.74, 6) is 0. The Bertz CT molecular complexity index is 2260. The quantitative estimate of drug-likeness (QED) is 0.182. The molecule has 0 nitrogen and oxygen atoms in total. The lowest BCUT2D eigenvalue weighted by Crippen LogP contribution is -1.90. The van der Waals surface area contributed by atoms with Crippen LogP contribution in [-0.2, 0) is 0 Å². The molecule has 44 heavy (non-hydrogen) atoms. The van der Waals surface area contributed by atoms with E-state index in [1.807, 2.05) is 11.3 Å². The first-order valence-corrected chi connectivity index (χ1v) is 16.1. The van der Waals surface area contributed by atoms with Crippen LogP contribution >= 0.6 is 11.3 Å². The molecule has 0 amide bonds. The lowest BCUT2D eigenvalue weighted by Gasteiger charge is -2.18. The Labute approximate surface area is 262 Å². The van der Waals surface area contributed by atoms with E-state index in [2.05, 4.69) is 160 Å². The number of benzene rings is 7.